The van der Waals surface area contributed by atoms with Crippen molar-refractivity contribution in [3.05, 3.63) is 65.9 Å². The molecule has 0 unspecified atom stereocenters. The lowest BCUT2D eigenvalue weighted by atomic mass is 9.99. The highest BCUT2D eigenvalue weighted by atomic mass is 16.5. The summed E-state index contributed by atoms with van der Waals surface area (Å²) in [5.74, 6) is 0.747. The third-order valence-electron chi connectivity index (χ3n) is 9.32. The molecule has 0 spiro atoms. The summed E-state index contributed by atoms with van der Waals surface area (Å²) >= 11 is 0. The molecule has 3 aromatic rings. The minimum absolute atomic E-state index is 0.131. The minimum atomic E-state index is -0.225. The van der Waals surface area contributed by atoms with Crippen molar-refractivity contribution in [2.75, 3.05) is 62.2 Å². The summed E-state index contributed by atoms with van der Waals surface area (Å²) in [5.41, 5.74) is 4.61. The van der Waals surface area contributed by atoms with Gasteiger partial charge in [0.1, 0.15) is 5.82 Å². The lowest BCUT2D eigenvalue weighted by Crippen LogP contribution is -2.55. The molecule has 3 aliphatic rings. The Kier molecular flexibility index (Phi) is 9.27. The zero-order valence-electron chi connectivity index (χ0n) is 25.9. The van der Waals surface area contributed by atoms with Crippen LogP contribution in [0.5, 0.6) is 6.01 Å². The van der Waals surface area contributed by atoms with Gasteiger partial charge in [-0.05, 0) is 68.8 Å². The Labute approximate surface area is 260 Å². The Morgan fingerprint density at radius 3 is 2.68 bits per heavy atom. The molecule has 9 nitrogen and oxygen atoms in total. The van der Waals surface area contributed by atoms with Crippen LogP contribution >= 0.6 is 0 Å². The number of aromatic nitrogens is 2. The van der Waals surface area contributed by atoms with E-state index in [0.717, 1.165) is 43.0 Å². The van der Waals surface area contributed by atoms with Crippen molar-refractivity contribution in [1.29, 1.82) is 5.26 Å². The Balaban J connectivity index is 1.28. The van der Waals surface area contributed by atoms with E-state index in [1.54, 1.807) is 4.90 Å². The van der Waals surface area contributed by atoms with Crippen LogP contribution in [0.4, 0.5) is 11.5 Å². The van der Waals surface area contributed by atoms with Gasteiger partial charge < -0.3 is 24.3 Å². The van der Waals surface area contributed by atoms with Gasteiger partial charge in [-0.15, -0.1) is 0 Å². The first-order valence-corrected chi connectivity index (χ1v) is 16.1. The minimum Gasteiger partial charge on any atom is -0.463 e. The van der Waals surface area contributed by atoms with Gasteiger partial charge in [-0.2, -0.15) is 15.2 Å². The SMILES string of the molecule is C=CC(=O)N1CCN(c2nc(OCCCN3CCCCC3)nc3c2CCN(c2cccc4cccc(C)c24)C3)C[C@@H]1CC#N. The fourth-order valence-corrected chi connectivity index (χ4v) is 7.06. The summed E-state index contributed by atoms with van der Waals surface area (Å²) in [5, 5.41) is 12.1. The Hall–Kier alpha value is -4.16. The number of rotatable bonds is 9. The number of fused-ring (bicyclic) bond motifs is 2. The number of amides is 1. The fraction of sp³-hybridized carbons (Fsp3) is 0.486. The zero-order chi connectivity index (χ0) is 30.5. The van der Waals surface area contributed by atoms with E-state index in [4.69, 9.17) is 14.7 Å². The maximum Gasteiger partial charge on any atom is 0.318 e. The van der Waals surface area contributed by atoms with Crippen molar-refractivity contribution in [2.24, 2.45) is 0 Å². The van der Waals surface area contributed by atoms with E-state index in [1.165, 1.54) is 60.5 Å². The molecule has 6 rings (SSSR count). The van der Waals surface area contributed by atoms with E-state index in [2.05, 4.69) is 70.7 Å². The number of nitriles is 1. The number of anilines is 2. The summed E-state index contributed by atoms with van der Waals surface area (Å²) in [4.78, 5) is 31.5. The fourth-order valence-electron chi connectivity index (χ4n) is 7.06. The van der Waals surface area contributed by atoms with Crippen molar-refractivity contribution in [2.45, 2.75) is 58.0 Å². The van der Waals surface area contributed by atoms with Gasteiger partial charge in [0, 0.05) is 49.4 Å². The van der Waals surface area contributed by atoms with E-state index in [0.29, 0.717) is 38.8 Å². The van der Waals surface area contributed by atoms with Crippen LogP contribution < -0.4 is 14.5 Å². The van der Waals surface area contributed by atoms with Crippen molar-refractivity contribution in [3.63, 3.8) is 0 Å². The number of hydrogen-bond donors (Lipinski definition) is 0. The highest BCUT2D eigenvalue weighted by Crippen LogP contribution is 2.36. The predicted molar refractivity (Wildman–Crippen MR) is 174 cm³/mol. The molecule has 0 aliphatic carbocycles. The topological polar surface area (TPSA) is 88.8 Å². The lowest BCUT2D eigenvalue weighted by Gasteiger charge is -2.42. The Morgan fingerprint density at radius 2 is 1.89 bits per heavy atom. The summed E-state index contributed by atoms with van der Waals surface area (Å²) < 4.78 is 6.25. The third kappa shape index (κ3) is 6.36. The third-order valence-corrected chi connectivity index (χ3v) is 9.32. The Bertz CT molecular complexity index is 1540. The molecular weight excluding hydrogens is 550 g/mol. The number of piperazine rings is 1. The Morgan fingerprint density at radius 1 is 1.07 bits per heavy atom. The largest absolute Gasteiger partial charge is 0.463 e. The number of piperidine rings is 1. The van der Waals surface area contributed by atoms with E-state index < -0.39 is 0 Å². The molecule has 2 aromatic carbocycles. The number of carbonyl (C=O) groups is 1. The van der Waals surface area contributed by atoms with Crippen LogP contribution in [0.1, 0.15) is 48.9 Å². The van der Waals surface area contributed by atoms with Crippen LogP contribution in [0.15, 0.2) is 49.1 Å². The predicted octanol–water partition coefficient (Wildman–Crippen LogP) is 4.87. The number of benzene rings is 2. The first-order valence-electron chi connectivity index (χ1n) is 16.1. The summed E-state index contributed by atoms with van der Waals surface area (Å²) in [6, 6.07) is 15.4. The molecule has 1 atom stereocenters. The van der Waals surface area contributed by atoms with Crippen LogP contribution in [0.3, 0.4) is 0 Å². The normalized spacial score (nSPS) is 19.0. The van der Waals surface area contributed by atoms with E-state index in [1.807, 2.05) is 0 Å². The van der Waals surface area contributed by atoms with Crippen molar-refractivity contribution >= 4 is 28.2 Å². The summed E-state index contributed by atoms with van der Waals surface area (Å²) in [6.07, 6.45) is 7.23. The van der Waals surface area contributed by atoms with Gasteiger partial charge >= 0.3 is 6.01 Å². The number of hydrogen-bond acceptors (Lipinski definition) is 8. The van der Waals surface area contributed by atoms with Gasteiger partial charge in [-0.3, -0.25) is 4.79 Å². The molecule has 1 amide bonds. The number of aryl methyl sites for hydroxylation is 1. The average molecular weight is 594 g/mol. The van der Waals surface area contributed by atoms with Crippen LogP contribution in [0.2, 0.25) is 0 Å². The lowest BCUT2D eigenvalue weighted by molar-refractivity contribution is -0.128. The highest BCUT2D eigenvalue weighted by Gasteiger charge is 2.33. The van der Waals surface area contributed by atoms with E-state index in [9.17, 15) is 10.1 Å². The quantitative estimate of drug-likeness (QED) is 0.257. The molecule has 2 saturated heterocycles. The average Bonchev–Trinajstić information content (AvgIpc) is 3.06. The van der Waals surface area contributed by atoms with Gasteiger partial charge in [0.25, 0.3) is 0 Å². The molecule has 1 aromatic heterocycles. The number of nitrogens with zero attached hydrogens (tertiary/aromatic N) is 7. The molecule has 44 heavy (non-hydrogen) atoms. The monoisotopic (exact) mass is 593 g/mol. The smallest absolute Gasteiger partial charge is 0.318 e. The van der Waals surface area contributed by atoms with Gasteiger partial charge in [0.15, 0.2) is 0 Å². The second kappa shape index (κ2) is 13.6. The standard InChI is InChI=1S/C35H43N7O2/c1-3-32(43)42-22-21-41(24-28(42)14-16-36)34-29-15-20-40(31-13-8-12-27-11-7-10-26(2)33(27)31)25-30(29)37-35(38-34)44-23-9-19-39-17-5-4-6-18-39/h3,7-8,10-13,28H,1,4-6,9,14-15,17-25H2,2H3/t28-/m0/s1. The van der Waals surface area contributed by atoms with Gasteiger partial charge in [-0.1, -0.05) is 43.3 Å². The van der Waals surface area contributed by atoms with Crippen LogP contribution in [-0.2, 0) is 17.8 Å². The first-order chi connectivity index (χ1) is 21.6. The molecule has 0 N–H and O–H groups in total. The summed E-state index contributed by atoms with van der Waals surface area (Å²) in [7, 11) is 0. The van der Waals surface area contributed by atoms with Gasteiger partial charge in [-0.25, -0.2) is 0 Å². The van der Waals surface area contributed by atoms with Crippen LogP contribution in [0, 0.1) is 18.3 Å². The number of likely N-dealkylation sites (tertiary alicyclic amines) is 1. The second-order valence-corrected chi connectivity index (χ2v) is 12.2. The molecular formula is C35H43N7O2. The maximum atomic E-state index is 12.6. The van der Waals surface area contributed by atoms with Gasteiger partial charge in [0.05, 0.1) is 37.4 Å². The van der Waals surface area contributed by atoms with Gasteiger partial charge in [0.2, 0.25) is 5.91 Å². The number of carbonyl (C=O) groups excluding carboxylic acids is 1. The van der Waals surface area contributed by atoms with E-state index >= 15 is 0 Å². The van der Waals surface area contributed by atoms with E-state index in [-0.39, 0.29) is 18.4 Å². The molecule has 3 aliphatic heterocycles. The molecule has 4 heterocycles. The maximum absolute atomic E-state index is 12.6. The molecule has 230 valence electrons. The molecule has 0 bridgehead atoms. The van der Waals surface area contributed by atoms with Crippen LogP contribution in [-0.4, -0.2) is 84.1 Å². The highest BCUT2D eigenvalue weighted by molar-refractivity contribution is 5.97. The molecule has 2 fully saturated rings. The zero-order valence-corrected chi connectivity index (χ0v) is 25.9. The second-order valence-electron chi connectivity index (χ2n) is 12.2. The summed E-state index contributed by atoms with van der Waals surface area (Å²) in [6.45, 7) is 13.0. The van der Waals surface area contributed by atoms with Crippen molar-refractivity contribution < 1.29 is 9.53 Å². The number of ether oxygens (including phenoxy) is 1. The van der Waals surface area contributed by atoms with Crippen LogP contribution in [0.25, 0.3) is 10.8 Å². The van der Waals surface area contributed by atoms with Crippen molar-refractivity contribution in [1.82, 2.24) is 19.8 Å². The first kappa shape index (κ1) is 29.9. The molecule has 9 heteroatoms. The molecule has 0 saturated carbocycles. The van der Waals surface area contributed by atoms with Crippen molar-refractivity contribution in [3.8, 4) is 12.1 Å². The molecule has 0 radical (unpaired) electrons.